The van der Waals surface area contributed by atoms with Crippen molar-refractivity contribution in [3.8, 4) is 28.7 Å². The molecule has 3 aromatic carbocycles. The van der Waals surface area contributed by atoms with Crippen molar-refractivity contribution < 1.29 is 32.6 Å². The Morgan fingerprint density at radius 2 is 1.61 bits per heavy atom. The molecule has 0 radical (unpaired) electrons. The number of halogens is 2. The fraction of sp³-hybridized carbons (Fsp3) is 0.156. The van der Waals surface area contributed by atoms with E-state index in [0.29, 0.717) is 27.0 Å². The minimum atomic E-state index is -1.03. The highest BCUT2D eigenvalue weighted by molar-refractivity contribution is 6.04. The number of pyridine rings is 1. The molecule has 0 aliphatic rings. The Hall–Kier alpha value is -6.05. The van der Waals surface area contributed by atoms with Gasteiger partial charge in [-0.1, -0.05) is 0 Å². The summed E-state index contributed by atoms with van der Waals surface area (Å²) >= 11 is 0. The average molecular weight is 632 g/mol. The number of rotatable bonds is 10. The van der Waals surface area contributed by atoms with E-state index >= 15 is 4.39 Å². The predicted octanol–water partition coefficient (Wildman–Crippen LogP) is 4.02. The van der Waals surface area contributed by atoms with Crippen LogP contribution in [0.1, 0.15) is 17.3 Å². The first kappa shape index (κ1) is 31.4. The Morgan fingerprint density at radius 1 is 0.891 bits per heavy atom. The molecule has 0 saturated heterocycles. The number of hydrogen-bond donors (Lipinski definition) is 2. The van der Waals surface area contributed by atoms with Gasteiger partial charge in [0.15, 0.2) is 23.1 Å². The Kier molecular flexibility index (Phi) is 9.07. The number of anilines is 1. The maximum atomic E-state index is 15.3. The summed E-state index contributed by atoms with van der Waals surface area (Å²) in [5, 5.41) is 5.50. The number of amides is 2. The topological polar surface area (TPSA) is 143 Å². The molecule has 14 heteroatoms. The fourth-order valence-corrected chi connectivity index (χ4v) is 4.61. The van der Waals surface area contributed by atoms with Gasteiger partial charge in [0.25, 0.3) is 11.5 Å². The number of fused-ring (bicyclic) bond motifs is 1. The molecule has 0 atom stereocenters. The number of carbonyl (C=O) groups is 2. The molecule has 0 spiro atoms. The normalized spacial score (nSPS) is 10.8. The van der Waals surface area contributed by atoms with Crippen molar-refractivity contribution in [2.75, 3.05) is 26.1 Å². The van der Waals surface area contributed by atoms with Crippen LogP contribution in [0.2, 0.25) is 0 Å². The van der Waals surface area contributed by atoms with Gasteiger partial charge in [-0.2, -0.15) is 0 Å². The summed E-state index contributed by atoms with van der Waals surface area (Å²) in [6.45, 7) is 1.46. The molecule has 46 heavy (non-hydrogen) atoms. The number of methoxy groups -OCH3 is 2. The highest BCUT2D eigenvalue weighted by atomic mass is 19.1. The third kappa shape index (κ3) is 6.40. The van der Waals surface area contributed by atoms with Crippen LogP contribution >= 0.6 is 0 Å². The number of likely N-dealkylation sites (N-methyl/N-ethyl adjacent to an activating group) is 1. The van der Waals surface area contributed by atoms with E-state index in [1.54, 1.807) is 25.1 Å². The van der Waals surface area contributed by atoms with Gasteiger partial charge < -0.3 is 24.8 Å². The van der Waals surface area contributed by atoms with Gasteiger partial charge >= 0.3 is 5.69 Å². The SMILES string of the molecule is CCNC(=O)Cn1cc(C(=O)Nc2ccc(Oc3ccnc4cc(OC)c(OC)cc34)c(F)c2)c(=O)n(-c2ccc(F)cc2)c1=O. The third-order valence-electron chi connectivity index (χ3n) is 6.79. The van der Waals surface area contributed by atoms with E-state index in [0.717, 1.165) is 29.0 Å². The van der Waals surface area contributed by atoms with Crippen molar-refractivity contribution in [1.82, 2.24) is 19.4 Å². The van der Waals surface area contributed by atoms with Gasteiger partial charge in [0.2, 0.25) is 5.91 Å². The van der Waals surface area contributed by atoms with Crippen LogP contribution in [0.5, 0.6) is 23.0 Å². The van der Waals surface area contributed by atoms with Crippen molar-refractivity contribution in [2.24, 2.45) is 0 Å². The smallest absolute Gasteiger partial charge is 0.336 e. The van der Waals surface area contributed by atoms with Crippen LogP contribution in [0, 0.1) is 11.6 Å². The van der Waals surface area contributed by atoms with Crippen molar-refractivity contribution in [3.05, 3.63) is 111 Å². The lowest BCUT2D eigenvalue weighted by molar-refractivity contribution is -0.121. The second-order valence-corrected chi connectivity index (χ2v) is 9.76. The van der Waals surface area contributed by atoms with Crippen molar-refractivity contribution >= 4 is 28.4 Å². The van der Waals surface area contributed by atoms with E-state index in [4.69, 9.17) is 14.2 Å². The van der Waals surface area contributed by atoms with E-state index in [1.165, 1.54) is 44.7 Å². The molecule has 2 heterocycles. The molecule has 0 saturated carbocycles. The quantitative estimate of drug-likeness (QED) is 0.235. The molecule has 0 aliphatic carbocycles. The summed E-state index contributed by atoms with van der Waals surface area (Å²) in [4.78, 5) is 56.4. The minimum Gasteiger partial charge on any atom is -0.493 e. The Morgan fingerprint density at radius 3 is 2.28 bits per heavy atom. The second kappa shape index (κ2) is 13.3. The van der Waals surface area contributed by atoms with Gasteiger partial charge in [-0.15, -0.1) is 0 Å². The monoisotopic (exact) mass is 631 g/mol. The van der Waals surface area contributed by atoms with Crippen LogP contribution in [0.15, 0.2) is 82.6 Å². The van der Waals surface area contributed by atoms with Gasteiger partial charge in [-0.05, 0) is 55.5 Å². The summed E-state index contributed by atoms with van der Waals surface area (Å²) in [6, 6.07) is 12.9. The van der Waals surface area contributed by atoms with E-state index in [1.807, 2.05) is 0 Å². The van der Waals surface area contributed by atoms with E-state index in [2.05, 4.69) is 15.6 Å². The van der Waals surface area contributed by atoms with Crippen molar-refractivity contribution in [3.63, 3.8) is 0 Å². The number of ether oxygens (including phenoxy) is 3. The highest BCUT2D eigenvalue weighted by Gasteiger charge is 2.21. The number of hydrogen-bond acceptors (Lipinski definition) is 8. The summed E-state index contributed by atoms with van der Waals surface area (Å²) < 4.78 is 46.8. The summed E-state index contributed by atoms with van der Waals surface area (Å²) in [5.74, 6) is -2.01. The molecular weight excluding hydrogens is 604 g/mol. The fourth-order valence-electron chi connectivity index (χ4n) is 4.61. The summed E-state index contributed by atoms with van der Waals surface area (Å²) in [5.41, 5.74) is -2.02. The van der Waals surface area contributed by atoms with Gasteiger partial charge in [0, 0.05) is 42.1 Å². The molecule has 2 amide bonds. The largest absolute Gasteiger partial charge is 0.493 e. The standard InChI is InChI=1S/C32H27F2N5O7/c1-4-35-29(40)17-38-16-22(31(42)39(32(38)43)20-8-5-18(33)6-9-20)30(41)37-19-7-10-26(23(34)13-19)46-25-11-12-36-24-15-28(45-3)27(44-2)14-21(24)25/h5-16H,4,17H2,1-3H3,(H,35,40)(H,37,41). The maximum Gasteiger partial charge on any atom is 0.336 e. The molecule has 236 valence electrons. The summed E-state index contributed by atoms with van der Waals surface area (Å²) in [7, 11) is 2.96. The molecule has 12 nitrogen and oxygen atoms in total. The summed E-state index contributed by atoms with van der Waals surface area (Å²) in [6.07, 6.45) is 2.43. The van der Waals surface area contributed by atoms with Crippen LogP contribution in [-0.4, -0.2) is 46.7 Å². The first-order chi connectivity index (χ1) is 22.1. The van der Waals surface area contributed by atoms with Gasteiger partial charge in [-0.25, -0.2) is 18.1 Å². The lowest BCUT2D eigenvalue weighted by Crippen LogP contribution is -2.44. The second-order valence-electron chi connectivity index (χ2n) is 9.76. The van der Waals surface area contributed by atoms with E-state index in [9.17, 15) is 23.6 Å². The van der Waals surface area contributed by atoms with Gasteiger partial charge in [0.05, 0.1) is 25.4 Å². The Labute approximate surface area is 259 Å². The first-order valence-corrected chi connectivity index (χ1v) is 13.8. The van der Waals surface area contributed by atoms with Crippen LogP contribution in [0.4, 0.5) is 14.5 Å². The van der Waals surface area contributed by atoms with Crippen molar-refractivity contribution in [2.45, 2.75) is 13.5 Å². The molecule has 2 aromatic heterocycles. The van der Waals surface area contributed by atoms with Crippen LogP contribution < -0.4 is 36.1 Å². The zero-order valence-electron chi connectivity index (χ0n) is 24.8. The third-order valence-corrected chi connectivity index (χ3v) is 6.79. The number of aromatic nitrogens is 3. The molecule has 5 rings (SSSR count). The predicted molar refractivity (Wildman–Crippen MR) is 164 cm³/mol. The molecule has 0 bridgehead atoms. The Balaban J connectivity index is 1.46. The lowest BCUT2D eigenvalue weighted by atomic mass is 10.1. The highest BCUT2D eigenvalue weighted by Crippen LogP contribution is 2.37. The zero-order valence-corrected chi connectivity index (χ0v) is 24.8. The number of carbonyl (C=O) groups excluding carboxylic acids is 2. The molecule has 5 aromatic rings. The number of nitrogens with zero attached hydrogens (tertiary/aromatic N) is 3. The number of benzene rings is 3. The van der Waals surface area contributed by atoms with Gasteiger partial charge in [-0.3, -0.25) is 23.9 Å². The average Bonchev–Trinajstić information content (AvgIpc) is 3.04. The molecular formula is C32H27F2N5O7. The van der Waals surface area contributed by atoms with Crippen LogP contribution in [-0.2, 0) is 11.3 Å². The molecule has 0 unspecified atom stereocenters. The molecule has 2 N–H and O–H groups in total. The lowest BCUT2D eigenvalue weighted by Gasteiger charge is -2.14. The minimum absolute atomic E-state index is 0.0251. The number of nitrogens with one attached hydrogen (secondary N) is 2. The first-order valence-electron chi connectivity index (χ1n) is 13.8. The Bertz CT molecular complexity index is 2080. The zero-order chi connectivity index (χ0) is 33.0. The van der Waals surface area contributed by atoms with Gasteiger partial charge in [0.1, 0.15) is 23.7 Å². The molecule has 0 aliphatic heterocycles. The molecule has 0 fully saturated rings. The van der Waals surface area contributed by atoms with E-state index in [-0.39, 0.29) is 29.4 Å². The maximum absolute atomic E-state index is 15.3. The van der Waals surface area contributed by atoms with Crippen LogP contribution in [0.25, 0.3) is 16.6 Å². The van der Waals surface area contributed by atoms with Crippen LogP contribution in [0.3, 0.4) is 0 Å². The van der Waals surface area contributed by atoms with E-state index < -0.39 is 46.8 Å². The van der Waals surface area contributed by atoms with Crippen molar-refractivity contribution in [1.29, 1.82) is 0 Å².